The maximum absolute atomic E-state index is 8.83. The number of nitriles is 1. The molecule has 0 saturated heterocycles. The summed E-state index contributed by atoms with van der Waals surface area (Å²) < 4.78 is 10.5. The van der Waals surface area contributed by atoms with Crippen molar-refractivity contribution < 1.29 is 9.26 Å². The molecule has 1 aromatic rings. The topological polar surface area (TPSA) is 71.9 Å². The smallest absolute Gasteiger partial charge is 0.227 e. The normalized spacial score (nSPS) is 14.1. The third-order valence-corrected chi connectivity index (χ3v) is 3.12. The van der Waals surface area contributed by atoms with E-state index in [1.54, 1.807) is 0 Å². The Kier molecular flexibility index (Phi) is 5.79. The van der Waals surface area contributed by atoms with Gasteiger partial charge in [0, 0.05) is 25.9 Å². The van der Waals surface area contributed by atoms with Crippen LogP contribution >= 0.6 is 0 Å². The van der Waals surface area contributed by atoms with Crippen LogP contribution in [0.4, 0.5) is 0 Å². The second-order valence-electron chi connectivity index (χ2n) is 4.73. The van der Waals surface area contributed by atoms with Crippen LogP contribution in [0.2, 0.25) is 0 Å². The molecular weight excluding hydrogens is 230 g/mol. The Morgan fingerprint density at radius 2 is 2.22 bits per heavy atom. The molecule has 0 aromatic carbocycles. The van der Waals surface area contributed by atoms with Gasteiger partial charge in [-0.25, -0.2) is 0 Å². The van der Waals surface area contributed by atoms with E-state index in [0.717, 1.165) is 6.42 Å². The largest absolute Gasteiger partial charge is 0.381 e. The summed E-state index contributed by atoms with van der Waals surface area (Å²) in [5, 5.41) is 12.7. The SMILES string of the molecule is CCOCCc1noc(CC(C)(CC)CC#N)n1. The Morgan fingerprint density at radius 3 is 2.83 bits per heavy atom. The molecule has 1 heterocycles. The Balaban J connectivity index is 2.55. The first-order chi connectivity index (χ1) is 8.63. The minimum absolute atomic E-state index is 0.0848. The van der Waals surface area contributed by atoms with E-state index < -0.39 is 0 Å². The third kappa shape index (κ3) is 4.46. The molecule has 0 saturated carbocycles. The fraction of sp³-hybridized carbons (Fsp3) is 0.769. The summed E-state index contributed by atoms with van der Waals surface area (Å²) >= 11 is 0. The number of hydrogen-bond acceptors (Lipinski definition) is 5. The van der Waals surface area contributed by atoms with Gasteiger partial charge >= 0.3 is 0 Å². The van der Waals surface area contributed by atoms with E-state index in [1.165, 1.54) is 0 Å². The van der Waals surface area contributed by atoms with Crippen molar-refractivity contribution in [3.63, 3.8) is 0 Å². The highest BCUT2D eigenvalue weighted by Crippen LogP contribution is 2.29. The molecule has 0 N–H and O–H groups in total. The summed E-state index contributed by atoms with van der Waals surface area (Å²) in [6.07, 6.45) is 2.73. The average molecular weight is 251 g/mol. The lowest BCUT2D eigenvalue weighted by atomic mass is 9.81. The molecule has 100 valence electrons. The predicted octanol–water partition coefficient (Wildman–Crippen LogP) is 2.52. The average Bonchev–Trinajstić information content (AvgIpc) is 2.77. The van der Waals surface area contributed by atoms with Crippen molar-refractivity contribution in [2.45, 2.75) is 46.5 Å². The summed E-state index contributed by atoms with van der Waals surface area (Å²) in [5.74, 6) is 1.29. The summed E-state index contributed by atoms with van der Waals surface area (Å²) in [7, 11) is 0. The zero-order valence-electron chi connectivity index (χ0n) is 11.4. The van der Waals surface area contributed by atoms with E-state index in [0.29, 0.717) is 44.2 Å². The maximum Gasteiger partial charge on any atom is 0.227 e. The molecule has 5 heteroatoms. The molecule has 0 bridgehead atoms. The van der Waals surface area contributed by atoms with Crippen molar-refractivity contribution in [2.75, 3.05) is 13.2 Å². The third-order valence-electron chi connectivity index (χ3n) is 3.12. The number of rotatable bonds is 8. The zero-order valence-corrected chi connectivity index (χ0v) is 11.4. The van der Waals surface area contributed by atoms with Gasteiger partial charge in [-0.1, -0.05) is 19.0 Å². The quantitative estimate of drug-likeness (QED) is 0.664. The summed E-state index contributed by atoms with van der Waals surface area (Å²) in [6, 6.07) is 2.22. The monoisotopic (exact) mass is 251 g/mol. The first kappa shape index (κ1) is 14.7. The van der Waals surface area contributed by atoms with Crippen LogP contribution in [0.25, 0.3) is 0 Å². The first-order valence-corrected chi connectivity index (χ1v) is 6.39. The van der Waals surface area contributed by atoms with Crippen molar-refractivity contribution >= 4 is 0 Å². The highest BCUT2D eigenvalue weighted by Gasteiger charge is 2.25. The summed E-state index contributed by atoms with van der Waals surface area (Å²) in [4.78, 5) is 4.33. The van der Waals surface area contributed by atoms with Gasteiger partial charge in [-0.05, 0) is 18.8 Å². The van der Waals surface area contributed by atoms with Gasteiger partial charge in [-0.15, -0.1) is 0 Å². The van der Waals surface area contributed by atoms with Gasteiger partial charge in [-0.3, -0.25) is 0 Å². The van der Waals surface area contributed by atoms with E-state index in [1.807, 2.05) is 6.92 Å². The van der Waals surface area contributed by atoms with E-state index in [2.05, 4.69) is 30.1 Å². The molecule has 0 spiro atoms. The van der Waals surface area contributed by atoms with Crippen molar-refractivity contribution in [3.8, 4) is 6.07 Å². The van der Waals surface area contributed by atoms with E-state index in [-0.39, 0.29) is 5.41 Å². The predicted molar refractivity (Wildman–Crippen MR) is 66.8 cm³/mol. The Hall–Kier alpha value is -1.41. The second-order valence-corrected chi connectivity index (χ2v) is 4.73. The number of hydrogen-bond donors (Lipinski definition) is 0. The Morgan fingerprint density at radius 1 is 1.44 bits per heavy atom. The van der Waals surface area contributed by atoms with Gasteiger partial charge in [0.1, 0.15) is 0 Å². The van der Waals surface area contributed by atoms with Crippen LogP contribution in [0.3, 0.4) is 0 Å². The van der Waals surface area contributed by atoms with Crippen LogP contribution in [0.15, 0.2) is 4.52 Å². The van der Waals surface area contributed by atoms with E-state index >= 15 is 0 Å². The fourth-order valence-corrected chi connectivity index (χ4v) is 1.64. The van der Waals surface area contributed by atoms with Gasteiger partial charge in [0.25, 0.3) is 0 Å². The fourth-order valence-electron chi connectivity index (χ4n) is 1.64. The Labute approximate surface area is 108 Å². The van der Waals surface area contributed by atoms with Gasteiger partial charge in [0.05, 0.1) is 12.7 Å². The molecular formula is C13H21N3O2. The number of ether oxygens (including phenoxy) is 1. The molecule has 18 heavy (non-hydrogen) atoms. The minimum atomic E-state index is -0.0848. The van der Waals surface area contributed by atoms with Crippen LogP contribution in [0.1, 0.15) is 45.3 Å². The number of aromatic nitrogens is 2. The summed E-state index contributed by atoms with van der Waals surface area (Å²) in [5.41, 5.74) is -0.0848. The molecule has 0 amide bonds. The summed E-state index contributed by atoms with van der Waals surface area (Å²) in [6.45, 7) is 7.40. The molecule has 1 atom stereocenters. The molecule has 0 fully saturated rings. The van der Waals surface area contributed by atoms with Crippen molar-refractivity contribution in [1.29, 1.82) is 5.26 Å². The minimum Gasteiger partial charge on any atom is -0.381 e. The van der Waals surface area contributed by atoms with Gasteiger partial charge in [0.15, 0.2) is 5.82 Å². The first-order valence-electron chi connectivity index (χ1n) is 6.39. The lowest BCUT2D eigenvalue weighted by Gasteiger charge is -2.22. The molecule has 1 aromatic heterocycles. The lowest BCUT2D eigenvalue weighted by molar-refractivity contribution is 0.149. The molecule has 5 nitrogen and oxygen atoms in total. The van der Waals surface area contributed by atoms with Crippen LogP contribution in [0.5, 0.6) is 0 Å². The highest BCUT2D eigenvalue weighted by atomic mass is 16.5. The van der Waals surface area contributed by atoms with Gasteiger partial charge < -0.3 is 9.26 Å². The van der Waals surface area contributed by atoms with Crippen LogP contribution in [0, 0.1) is 16.7 Å². The van der Waals surface area contributed by atoms with Crippen LogP contribution in [-0.2, 0) is 17.6 Å². The number of nitrogens with zero attached hydrogens (tertiary/aromatic N) is 3. The van der Waals surface area contributed by atoms with Crippen molar-refractivity contribution in [1.82, 2.24) is 10.1 Å². The van der Waals surface area contributed by atoms with Crippen molar-refractivity contribution in [2.24, 2.45) is 5.41 Å². The van der Waals surface area contributed by atoms with Gasteiger partial charge in [-0.2, -0.15) is 10.2 Å². The van der Waals surface area contributed by atoms with Crippen LogP contribution in [-0.4, -0.2) is 23.4 Å². The molecule has 0 aliphatic heterocycles. The van der Waals surface area contributed by atoms with Crippen LogP contribution < -0.4 is 0 Å². The second kappa shape index (κ2) is 7.12. The molecule has 1 rings (SSSR count). The highest BCUT2D eigenvalue weighted by molar-refractivity contribution is 4.94. The zero-order chi connectivity index (χ0) is 13.4. The van der Waals surface area contributed by atoms with Crippen molar-refractivity contribution in [3.05, 3.63) is 11.7 Å². The molecule has 0 radical (unpaired) electrons. The standard InChI is InChI=1S/C13H21N3O2/c1-4-13(3,7-8-14)10-12-15-11(16-18-12)6-9-17-5-2/h4-7,9-10H2,1-3H3. The molecule has 0 aliphatic rings. The molecule has 1 unspecified atom stereocenters. The Bertz CT molecular complexity index is 397. The van der Waals surface area contributed by atoms with E-state index in [9.17, 15) is 0 Å². The maximum atomic E-state index is 8.83. The van der Waals surface area contributed by atoms with Gasteiger partial charge in [0.2, 0.25) is 5.89 Å². The lowest BCUT2D eigenvalue weighted by Crippen LogP contribution is -2.18. The van der Waals surface area contributed by atoms with E-state index in [4.69, 9.17) is 14.5 Å². The molecule has 0 aliphatic carbocycles.